The van der Waals surface area contributed by atoms with Gasteiger partial charge in [-0.2, -0.15) is 0 Å². The highest BCUT2D eigenvalue weighted by Crippen LogP contribution is 2.28. The van der Waals surface area contributed by atoms with E-state index in [1.807, 2.05) is 27.7 Å². The molecule has 7 atom stereocenters. The van der Waals surface area contributed by atoms with Gasteiger partial charge in [-0.15, -0.1) is 0 Å². The number of guanidine groups is 1. The Hall–Kier alpha value is -4.48. The number of amides is 6. The minimum atomic E-state index is -1.08. The van der Waals surface area contributed by atoms with E-state index in [1.54, 1.807) is 0 Å². The van der Waals surface area contributed by atoms with Crippen LogP contribution in [0.4, 0.5) is 0 Å². The number of carboxylic acid groups (broad SMARTS) is 1. The summed E-state index contributed by atoms with van der Waals surface area (Å²) in [7, 11) is 0. The van der Waals surface area contributed by atoms with Crippen LogP contribution in [0.3, 0.4) is 0 Å². The minimum Gasteiger partial charge on any atom is -0.480 e. The Morgan fingerprint density at radius 3 is 1.52 bits per heavy atom. The van der Waals surface area contributed by atoms with E-state index in [2.05, 4.69) is 15.6 Å². The summed E-state index contributed by atoms with van der Waals surface area (Å²) >= 11 is 0. The van der Waals surface area contributed by atoms with Gasteiger partial charge < -0.3 is 52.5 Å². The number of nitrogens with two attached hydrogens (primary N) is 3. The van der Waals surface area contributed by atoms with Crippen molar-refractivity contribution >= 4 is 47.4 Å². The molecule has 4 fully saturated rings. The van der Waals surface area contributed by atoms with Crippen molar-refractivity contribution in [2.45, 2.75) is 147 Å². The zero-order valence-electron chi connectivity index (χ0n) is 33.5. The predicted molar refractivity (Wildman–Crippen MR) is 207 cm³/mol. The van der Waals surface area contributed by atoms with Gasteiger partial charge in [0.15, 0.2) is 5.96 Å². The molecule has 4 aliphatic heterocycles. The smallest absolute Gasteiger partial charge is 0.326 e. The summed E-state index contributed by atoms with van der Waals surface area (Å²) in [6.45, 7) is 9.29. The molecular weight excluding hydrogens is 724 g/mol. The lowest BCUT2D eigenvalue weighted by Crippen LogP contribution is -2.59. The Morgan fingerprint density at radius 2 is 1.05 bits per heavy atom. The lowest BCUT2D eigenvalue weighted by Gasteiger charge is -2.34. The molecule has 314 valence electrons. The van der Waals surface area contributed by atoms with Crippen LogP contribution in [0.5, 0.6) is 0 Å². The van der Waals surface area contributed by atoms with Crippen molar-refractivity contribution < 1.29 is 38.7 Å². The first-order chi connectivity index (χ1) is 26.5. The van der Waals surface area contributed by atoms with Gasteiger partial charge in [0.25, 0.3) is 0 Å². The lowest BCUT2D eigenvalue weighted by molar-refractivity contribution is -0.150. The van der Waals surface area contributed by atoms with E-state index >= 15 is 0 Å². The molecule has 0 unspecified atom stereocenters. The van der Waals surface area contributed by atoms with Crippen LogP contribution in [0.15, 0.2) is 4.99 Å². The predicted octanol–water partition coefficient (Wildman–Crippen LogP) is -0.522. The van der Waals surface area contributed by atoms with E-state index in [9.17, 15) is 38.7 Å². The Labute approximate surface area is 329 Å². The van der Waals surface area contributed by atoms with Crippen molar-refractivity contribution in [2.75, 3.05) is 32.7 Å². The number of aliphatic carboxylic acids is 1. The quantitative estimate of drug-likeness (QED) is 0.0620. The van der Waals surface area contributed by atoms with Crippen molar-refractivity contribution in [3.05, 3.63) is 0 Å². The Kier molecular flexibility index (Phi) is 15.9. The van der Waals surface area contributed by atoms with Crippen LogP contribution in [0.1, 0.15) is 105 Å². The first kappa shape index (κ1) is 44.2. The van der Waals surface area contributed by atoms with E-state index < -0.39 is 71.9 Å². The van der Waals surface area contributed by atoms with E-state index in [-0.39, 0.29) is 29.6 Å². The van der Waals surface area contributed by atoms with Gasteiger partial charge in [0.1, 0.15) is 36.3 Å². The minimum absolute atomic E-state index is 0.0143. The average molecular weight is 789 g/mol. The molecule has 0 saturated carbocycles. The van der Waals surface area contributed by atoms with Gasteiger partial charge in [0, 0.05) is 32.7 Å². The topological polar surface area (TPSA) is 267 Å². The zero-order valence-corrected chi connectivity index (χ0v) is 33.5. The molecule has 0 spiro atoms. The zero-order chi connectivity index (χ0) is 41.3. The summed E-state index contributed by atoms with van der Waals surface area (Å²) in [6.07, 6.45) is 5.28. The fourth-order valence-electron chi connectivity index (χ4n) is 8.55. The van der Waals surface area contributed by atoms with Gasteiger partial charge in [-0.05, 0) is 88.9 Å². The van der Waals surface area contributed by atoms with Gasteiger partial charge in [0.2, 0.25) is 35.4 Å². The number of carbonyl (C=O) groups excluding carboxylic acids is 6. The summed E-state index contributed by atoms with van der Waals surface area (Å²) in [5.41, 5.74) is 16.9. The van der Waals surface area contributed by atoms with Crippen LogP contribution in [-0.2, 0) is 33.6 Å². The average Bonchev–Trinajstić information content (AvgIpc) is 3.97. The van der Waals surface area contributed by atoms with Crippen molar-refractivity contribution in [2.24, 2.45) is 34.0 Å². The van der Waals surface area contributed by atoms with Crippen LogP contribution in [-0.4, -0.2) is 147 Å². The molecule has 6 amide bonds. The van der Waals surface area contributed by atoms with Crippen LogP contribution < -0.4 is 27.8 Å². The molecule has 56 heavy (non-hydrogen) atoms. The molecule has 4 saturated heterocycles. The number of nitrogens with one attached hydrogen (secondary N) is 2. The van der Waals surface area contributed by atoms with Gasteiger partial charge in [-0.3, -0.25) is 33.8 Å². The number of hydrogen-bond acceptors (Lipinski definition) is 9. The molecule has 0 radical (unpaired) electrons. The monoisotopic (exact) mass is 788 g/mol. The molecule has 18 nitrogen and oxygen atoms in total. The third kappa shape index (κ3) is 11.1. The fourth-order valence-corrected chi connectivity index (χ4v) is 8.55. The van der Waals surface area contributed by atoms with Crippen LogP contribution in [0.25, 0.3) is 0 Å². The number of carbonyl (C=O) groups is 7. The molecule has 4 rings (SSSR count). The number of aliphatic imine (C=N–C) groups is 1. The van der Waals surface area contributed by atoms with Gasteiger partial charge in [0.05, 0.1) is 6.04 Å². The molecule has 0 aromatic heterocycles. The summed E-state index contributed by atoms with van der Waals surface area (Å²) in [6, 6.07) is -6.14. The number of rotatable bonds is 17. The molecule has 18 heteroatoms. The van der Waals surface area contributed by atoms with Gasteiger partial charge >= 0.3 is 5.97 Å². The Balaban J connectivity index is 1.43. The third-order valence-electron chi connectivity index (χ3n) is 11.2. The highest BCUT2D eigenvalue weighted by molar-refractivity contribution is 5.97. The van der Waals surface area contributed by atoms with Crippen molar-refractivity contribution in [1.82, 2.24) is 30.2 Å². The van der Waals surface area contributed by atoms with Crippen LogP contribution >= 0.6 is 0 Å². The van der Waals surface area contributed by atoms with Crippen LogP contribution in [0.2, 0.25) is 0 Å². The van der Waals surface area contributed by atoms with Gasteiger partial charge in [-0.25, -0.2) is 4.79 Å². The van der Waals surface area contributed by atoms with Gasteiger partial charge in [-0.1, -0.05) is 27.7 Å². The maximum atomic E-state index is 14.3. The number of hydrogen-bond donors (Lipinski definition) is 6. The molecule has 9 N–H and O–H groups in total. The largest absolute Gasteiger partial charge is 0.480 e. The van der Waals surface area contributed by atoms with Crippen LogP contribution in [0, 0.1) is 11.8 Å². The number of likely N-dealkylation sites (tertiary alicyclic amines) is 4. The second kappa shape index (κ2) is 20.1. The summed E-state index contributed by atoms with van der Waals surface area (Å²) < 4.78 is 0. The lowest BCUT2D eigenvalue weighted by atomic mass is 10.0. The van der Waals surface area contributed by atoms with Crippen molar-refractivity contribution in [3.8, 4) is 0 Å². The van der Waals surface area contributed by atoms with E-state index in [4.69, 9.17) is 17.2 Å². The third-order valence-corrected chi connectivity index (χ3v) is 11.2. The first-order valence-electron chi connectivity index (χ1n) is 20.4. The molecule has 0 aliphatic carbocycles. The maximum absolute atomic E-state index is 14.3. The summed E-state index contributed by atoms with van der Waals surface area (Å²) in [5.74, 6) is -3.56. The molecular formula is C38H64N10O8. The second-order valence-corrected chi connectivity index (χ2v) is 16.5. The molecule has 0 aromatic carbocycles. The number of carboxylic acids is 1. The molecule has 0 bridgehead atoms. The Morgan fingerprint density at radius 1 is 0.643 bits per heavy atom. The van der Waals surface area contributed by atoms with Crippen molar-refractivity contribution in [1.29, 1.82) is 0 Å². The van der Waals surface area contributed by atoms with E-state index in [0.717, 1.165) is 0 Å². The standard InChI is InChI=1S/C38H64N10O8/c1-22(2)20-25(43-31(49)27-11-6-16-45(27)33(51)24(39)10-5-15-42-38(40)41)34(52)47-18-8-13-29(47)36(54)46-17-7-12-28(46)32(50)44-26(21-23(3)4)35(53)48-19-9-14-30(48)37(55)56/h22-30H,5-21,39H2,1-4H3,(H,43,49)(H,44,50)(H,55,56)(H4,40,41,42)/t24-,25-,26-,27-,28-,29-,30-/m0/s1. The van der Waals surface area contributed by atoms with Crippen molar-refractivity contribution in [3.63, 3.8) is 0 Å². The normalized spacial score (nSPS) is 24.0. The Bertz CT molecular complexity index is 1490. The highest BCUT2D eigenvalue weighted by Gasteiger charge is 2.46. The fraction of sp³-hybridized carbons (Fsp3) is 0.789. The maximum Gasteiger partial charge on any atom is 0.326 e. The molecule has 4 aliphatic rings. The molecule has 0 aromatic rings. The first-order valence-corrected chi connectivity index (χ1v) is 20.4. The highest BCUT2D eigenvalue weighted by atomic mass is 16.4. The second-order valence-electron chi connectivity index (χ2n) is 16.5. The van der Waals surface area contributed by atoms with E-state index in [0.29, 0.717) is 110 Å². The summed E-state index contributed by atoms with van der Waals surface area (Å²) in [4.78, 5) is 105. The number of nitrogens with zero attached hydrogens (tertiary/aromatic N) is 5. The van der Waals surface area contributed by atoms with E-state index in [1.165, 1.54) is 19.6 Å². The molecule has 4 heterocycles. The summed E-state index contributed by atoms with van der Waals surface area (Å²) in [5, 5.41) is 15.5. The SMILES string of the molecule is CC(C)C[C@H](NC(=O)[C@@H]1CCCN1C(=O)[C@@H]1CCCN1C(=O)[C@H](CC(C)C)NC(=O)[C@@H]1CCCN1C(=O)[C@@H](N)CCCN=C(N)N)C(=O)N1CCC[C@H]1C(=O)O.